The Morgan fingerprint density at radius 3 is 2.12 bits per heavy atom. The Labute approximate surface area is 201 Å². The van der Waals surface area contributed by atoms with E-state index in [1.54, 1.807) is 0 Å². The van der Waals surface area contributed by atoms with E-state index in [1.165, 1.54) is 37.7 Å². The van der Waals surface area contributed by atoms with Gasteiger partial charge in [0.15, 0.2) is 0 Å². The normalized spacial score (nSPS) is 18.2. The van der Waals surface area contributed by atoms with Gasteiger partial charge in [-0.05, 0) is 44.5 Å². The molecule has 0 bridgehead atoms. The van der Waals surface area contributed by atoms with E-state index in [0.717, 1.165) is 38.0 Å². The highest BCUT2D eigenvalue weighted by Gasteiger charge is 2.41. The second kappa shape index (κ2) is 9.11. The van der Waals surface area contributed by atoms with Crippen LogP contribution in [0.1, 0.15) is 25.0 Å². The van der Waals surface area contributed by atoms with Crippen molar-refractivity contribution in [3.63, 3.8) is 0 Å². The van der Waals surface area contributed by atoms with E-state index in [1.807, 2.05) is 49.4 Å². The van der Waals surface area contributed by atoms with Crippen molar-refractivity contribution in [1.82, 2.24) is 0 Å². The molecule has 170 valence electrons. The molecular formula is C25H24N2O4S2. The molecule has 4 rings (SSSR count). The van der Waals surface area contributed by atoms with Crippen molar-refractivity contribution < 1.29 is 19.1 Å². The quantitative estimate of drug-likeness (QED) is 0.567. The van der Waals surface area contributed by atoms with Gasteiger partial charge in [-0.25, -0.2) is 9.59 Å². The minimum atomic E-state index is -0.567. The van der Waals surface area contributed by atoms with Gasteiger partial charge in [0, 0.05) is 16.8 Å². The number of anilines is 1. The fourth-order valence-electron chi connectivity index (χ4n) is 3.70. The molecule has 6 nitrogen and oxygen atoms in total. The average Bonchev–Trinajstić information content (AvgIpc) is 3.24. The van der Waals surface area contributed by atoms with Crippen LogP contribution in [0.25, 0.3) is 5.57 Å². The molecule has 33 heavy (non-hydrogen) atoms. The maximum Gasteiger partial charge on any atom is 0.346 e. The van der Waals surface area contributed by atoms with Gasteiger partial charge in [-0.15, -0.1) is 0 Å². The fraction of sp³-hybridized carbons (Fsp3) is 0.240. The number of nitrogens with one attached hydrogen (secondary N) is 1. The van der Waals surface area contributed by atoms with E-state index < -0.39 is 17.5 Å². The molecule has 0 radical (unpaired) electrons. The third kappa shape index (κ3) is 4.45. The molecule has 2 aliphatic rings. The molecule has 2 heterocycles. The summed E-state index contributed by atoms with van der Waals surface area (Å²) in [6.07, 6.45) is 0. The van der Waals surface area contributed by atoms with Crippen LogP contribution >= 0.6 is 23.5 Å². The summed E-state index contributed by atoms with van der Waals surface area (Å²) in [5.41, 5.74) is 5.06. The van der Waals surface area contributed by atoms with Gasteiger partial charge in [0.1, 0.15) is 9.81 Å². The van der Waals surface area contributed by atoms with Crippen molar-refractivity contribution >= 4 is 58.1 Å². The molecule has 0 fully saturated rings. The highest BCUT2D eigenvalue weighted by atomic mass is 32.2. The van der Waals surface area contributed by atoms with Crippen molar-refractivity contribution in [2.75, 3.05) is 19.5 Å². The lowest BCUT2D eigenvalue weighted by Gasteiger charge is -2.38. The van der Waals surface area contributed by atoms with Gasteiger partial charge >= 0.3 is 11.9 Å². The van der Waals surface area contributed by atoms with Crippen LogP contribution in [-0.2, 0) is 19.1 Å². The molecule has 0 saturated heterocycles. The fourth-order valence-corrected chi connectivity index (χ4v) is 6.29. The van der Waals surface area contributed by atoms with Gasteiger partial charge < -0.3 is 14.8 Å². The Bertz CT molecular complexity index is 1200. The number of para-hydroxylation sites is 1. The van der Waals surface area contributed by atoms with E-state index >= 15 is 0 Å². The number of fused-ring (bicyclic) bond motifs is 1. The summed E-state index contributed by atoms with van der Waals surface area (Å²) in [5, 5.41) is 3.61. The lowest BCUT2D eigenvalue weighted by Crippen LogP contribution is -2.44. The number of esters is 2. The summed E-state index contributed by atoms with van der Waals surface area (Å²) in [6, 6.07) is 15.9. The van der Waals surface area contributed by atoms with Gasteiger partial charge in [0.2, 0.25) is 0 Å². The Balaban J connectivity index is 1.96. The lowest BCUT2D eigenvalue weighted by molar-refractivity contribution is -0.138. The van der Waals surface area contributed by atoms with Crippen molar-refractivity contribution in [1.29, 1.82) is 0 Å². The number of methoxy groups -OCH3 is 2. The first-order chi connectivity index (χ1) is 15.7. The molecule has 0 aliphatic carbocycles. The standard InChI is InChI=1S/C25H24N2O4S2/c1-14-11-12-16-17(13-14)27-25(2,3)21(26-15-9-7-6-8-10-15)18(16)24-32-19(22(28)30-4)20(33-24)23(29)31-5/h6-13,27H,1-5H3. The summed E-state index contributed by atoms with van der Waals surface area (Å²) < 4.78 is 10.7. The van der Waals surface area contributed by atoms with Crippen LogP contribution < -0.4 is 5.32 Å². The third-order valence-electron chi connectivity index (χ3n) is 5.26. The van der Waals surface area contributed by atoms with Crippen molar-refractivity contribution in [2.24, 2.45) is 4.99 Å². The van der Waals surface area contributed by atoms with Crippen LogP contribution in [0.4, 0.5) is 11.4 Å². The number of hydrogen-bond donors (Lipinski definition) is 1. The number of carbonyl (C=O) groups excluding carboxylic acids is 2. The number of aliphatic imine (C=N–C) groups is 1. The maximum absolute atomic E-state index is 12.5. The molecular weight excluding hydrogens is 456 g/mol. The summed E-state index contributed by atoms with van der Waals surface area (Å²) in [6.45, 7) is 6.18. The first-order valence-electron chi connectivity index (χ1n) is 10.3. The van der Waals surface area contributed by atoms with Crippen LogP contribution in [0.5, 0.6) is 0 Å². The summed E-state index contributed by atoms with van der Waals surface area (Å²) >= 11 is 2.45. The van der Waals surface area contributed by atoms with Gasteiger partial charge in [0.05, 0.1) is 35.4 Å². The number of thioether (sulfide) groups is 2. The number of carbonyl (C=O) groups is 2. The van der Waals surface area contributed by atoms with Crippen molar-refractivity contribution in [3.05, 3.63) is 73.7 Å². The first-order valence-corrected chi connectivity index (χ1v) is 11.9. The second-order valence-corrected chi connectivity index (χ2v) is 10.4. The minimum Gasteiger partial charge on any atom is -0.465 e. The van der Waals surface area contributed by atoms with Gasteiger partial charge in [-0.2, -0.15) is 0 Å². The molecule has 0 saturated carbocycles. The SMILES string of the molecule is COC(=O)C1=C(C(=O)OC)SC(=C2C(=Nc3ccccc3)C(C)(C)Nc3cc(C)ccc32)S1. The van der Waals surface area contributed by atoms with Crippen LogP contribution in [0.2, 0.25) is 0 Å². The van der Waals surface area contributed by atoms with Crippen molar-refractivity contribution in [3.8, 4) is 0 Å². The Morgan fingerprint density at radius 1 is 0.939 bits per heavy atom. The average molecular weight is 481 g/mol. The predicted molar refractivity (Wildman–Crippen MR) is 136 cm³/mol. The molecule has 0 aromatic heterocycles. The van der Waals surface area contributed by atoms with E-state index in [0.29, 0.717) is 0 Å². The minimum absolute atomic E-state index is 0.223. The van der Waals surface area contributed by atoms with Crippen LogP contribution in [-0.4, -0.2) is 37.4 Å². The molecule has 0 unspecified atom stereocenters. The Morgan fingerprint density at radius 2 is 1.55 bits per heavy atom. The molecule has 2 aromatic carbocycles. The number of nitrogens with zero attached hydrogens (tertiary/aromatic N) is 1. The molecule has 2 aromatic rings. The highest BCUT2D eigenvalue weighted by molar-refractivity contribution is 8.29. The lowest BCUT2D eigenvalue weighted by atomic mass is 9.83. The topological polar surface area (TPSA) is 77.0 Å². The predicted octanol–water partition coefficient (Wildman–Crippen LogP) is 5.68. The second-order valence-electron chi connectivity index (χ2n) is 8.10. The number of benzene rings is 2. The third-order valence-corrected chi connectivity index (χ3v) is 7.82. The largest absolute Gasteiger partial charge is 0.465 e. The molecule has 0 amide bonds. The Hall–Kier alpha value is -2.97. The zero-order valence-corrected chi connectivity index (χ0v) is 20.6. The molecule has 0 atom stereocenters. The number of aryl methyl sites for hydroxylation is 1. The molecule has 0 spiro atoms. The van der Waals surface area contributed by atoms with E-state index in [9.17, 15) is 9.59 Å². The molecule has 8 heteroatoms. The molecule has 1 N–H and O–H groups in total. The smallest absolute Gasteiger partial charge is 0.346 e. The van der Waals surface area contributed by atoms with Crippen LogP contribution in [0.15, 0.2) is 67.6 Å². The van der Waals surface area contributed by atoms with Crippen LogP contribution in [0, 0.1) is 6.92 Å². The van der Waals surface area contributed by atoms with Gasteiger partial charge in [-0.3, -0.25) is 4.99 Å². The first kappa shape index (κ1) is 23.2. The summed E-state index contributed by atoms with van der Waals surface area (Å²) in [4.78, 5) is 30.4. The number of hydrogen-bond acceptors (Lipinski definition) is 8. The van der Waals surface area contributed by atoms with Crippen molar-refractivity contribution in [2.45, 2.75) is 26.3 Å². The maximum atomic E-state index is 12.5. The van der Waals surface area contributed by atoms with Gasteiger partial charge in [-0.1, -0.05) is 53.9 Å². The van der Waals surface area contributed by atoms with E-state index in [-0.39, 0.29) is 9.81 Å². The number of rotatable bonds is 3. The summed E-state index contributed by atoms with van der Waals surface area (Å²) in [7, 11) is 2.60. The zero-order chi connectivity index (χ0) is 23.8. The molecule has 2 aliphatic heterocycles. The monoisotopic (exact) mass is 480 g/mol. The van der Waals surface area contributed by atoms with E-state index in [4.69, 9.17) is 14.5 Å². The Kier molecular flexibility index (Phi) is 6.41. The zero-order valence-electron chi connectivity index (χ0n) is 19.0. The number of ether oxygens (including phenoxy) is 2. The van der Waals surface area contributed by atoms with Crippen LogP contribution in [0.3, 0.4) is 0 Å². The highest BCUT2D eigenvalue weighted by Crippen LogP contribution is 2.55. The summed E-state index contributed by atoms with van der Waals surface area (Å²) in [5.74, 6) is -1.13. The van der Waals surface area contributed by atoms with Gasteiger partial charge in [0.25, 0.3) is 0 Å². The van der Waals surface area contributed by atoms with E-state index in [2.05, 4.69) is 25.2 Å².